The monoisotopic (exact) mass is 402 g/mol. The molecule has 0 bridgehead atoms. The third-order valence-corrected chi connectivity index (χ3v) is 5.56. The summed E-state index contributed by atoms with van der Waals surface area (Å²) in [6.07, 6.45) is 2.66. The molecular weight excluding hydrogens is 376 g/mol. The molecular formula is C26H26O4. The van der Waals surface area contributed by atoms with E-state index in [9.17, 15) is 4.79 Å². The molecule has 0 saturated heterocycles. The molecule has 0 aromatic heterocycles. The molecule has 0 aliphatic heterocycles. The van der Waals surface area contributed by atoms with E-state index in [2.05, 4.69) is 0 Å². The quantitative estimate of drug-likeness (QED) is 0.431. The second-order valence-electron chi connectivity index (χ2n) is 7.53. The summed E-state index contributed by atoms with van der Waals surface area (Å²) in [5.74, 6) is 2.15. The first kappa shape index (κ1) is 20.0. The molecule has 0 unspecified atom stereocenters. The van der Waals surface area contributed by atoms with Gasteiger partial charge in [-0.05, 0) is 67.3 Å². The predicted molar refractivity (Wildman–Crippen MR) is 116 cm³/mol. The molecule has 0 N–H and O–H groups in total. The Morgan fingerprint density at radius 3 is 2.27 bits per heavy atom. The van der Waals surface area contributed by atoms with Gasteiger partial charge in [-0.3, -0.25) is 4.79 Å². The van der Waals surface area contributed by atoms with Gasteiger partial charge in [-0.2, -0.15) is 0 Å². The lowest BCUT2D eigenvalue weighted by atomic mass is 9.64. The number of hydrogen-bond acceptors (Lipinski definition) is 4. The molecule has 3 aromatic rings. The van der Waals surface area contributed by atoms with Crippen molar-refractivity contribution in [3.63, 3.8) is 0 Å². The van der Waals surface area contributed by atoms with E-state index in [-0.39, 0.29) is 12.6 Å². The first-order valence-electron chi connectivity index (χ1n) is 10.4. The molecule has 0 atom stereocenters. The van der Waals surface area contributed by atoms with Crippen molar-refractivity contribution in [1.82, 2.24) is 0 Å². The average Bonchev–Trinajstić information content (AvgIpc) is 2.74. The SMILES string of the molecule is CCOc1ccc(C2(C(=O)OCc3cccc(Oc4ccccc4)c3)CCC2)cc1. The van der Waals surface area contributed by atoms with E-state index in [4.69, 9.17) is 14.2 Å². The molecule has 3 aromatic carbocycles. The van der Waals surface area contributed by atoms with Gasteiger partial charge in [0.05, 0.1) is 12.0 Å². The summed E-state index contributed by atoms with van der Waals surface area (Å²) in [6.45, 7) is 2.81. The smallest absolute Gasteiger partial charge is 0.316 e. The van der Waals surface area contributed by atoms with E-state index in [1.54, 1.807) is 0 Å². The van der Waals surface area contributed by atoms with Gasteiger partial charge < -0.3 is 14.2 Å². The Morgan fingerprint density at radius 1 is 0.867 bits per heavy atom. The van der Waals surface area contributed by atoms with Crippen LogP contribution in [0.5, 0.6) is 17.2 Å². The van der Waals surface area contributed by atoms with Gasteiger partial charge in [0.25, 0.3) is 0 Å². The van der Waals surface area contributed by atoms with E-state index in [0.29, 0.717) is 6.61 Å². The molecule has 0 heterocycles. The normalized spacial score (nSPS) is 14.4. The van der Waals surface area contributed by atoms with Crippen LogP contribution in [-0.4, -0.2) is 12.6 Å². The molecule has 1 fully saturated rings. The topological polar surface area (TPSA) is 44.8 Å². The molecule has 1 saturated carbocycles. The van der Waals surface area contributed by atoms with Gasteiger partial charge >= 0.3 is 5.97 Å². The van der Waals surface area contributed by atoms with Crippen molar-refractivity contribution in [2.75, 3.05) is 6.61 Å². The largest absolute Gasteiger partial charge is 0.494 e. The van der Waals surface area contributed by atoms with Crippen LogP contribution in [-0.2, 0) is 21.6 Å². The minimum atomic E-state index is -0.539. The molecule has 0 amide bonds. The van der Waals surface area contributed by atoms with Crippen LogP contribution in [0.3, 0.4) is 0 Å². The standard InChI is InChI=1S/C26H26O4/c1-2-28-22-14-12-21(13-15-22)26(16-7-17-26)25(27)29-19-20-8-6-11-24(18-20)30-23-9-4-3-5-10-23/h3-6,8-15,18H,2,7,16-17,19H2,1H3. The van der Waals surface area contributed by atoms with Crippen LogP contribution in [0.25, 0.3) is 0 Å². The highest BCUT2D eigenvalue weighted by Gasteiger charge is 2.47. The highest BCUT2D eigenvalue weighted by atomic mass is 16.5. The molecule has 1 aliphatic carbocycles. The Kier molecular flexibility index (Phi) is 6.03. The van der Waals surface area contributed by atoms with Crippen molar-refractivity contribution in [1.29, 1.82) is 0 Å². The Morgan fingerprint density at radius 2 is 1.60 bits per heavy atom. The fourth-order valence-corrected chi connectivity index (χ4v) is 3.79. The maximum absolute atomic E-state index is 13.0. The number of carbonyl (C=O) groups is 1. The summed E-state index contributed by atoms with van der Waals surface area (Å²) in [6, 6.07) is 25.1. The maximum atomic E-state index is 13.0. The number of ether oxygens (including phenoxy) is 3. The first-order chi connectivity index (χ1) is 14.7. The molecule has 4 rings (SSSR count). The summed E-state index contributed by atoms with van der Waals surface area (Å²) in [5.41, 5.74) is 1.37. The van der Waals surface area contributed by atoms with E-state index >= 15 is 0 Å². The van der Waals surface area contributed by atoms with E-state index < -0.39 is 5.41 Å². The third kappa shape index (κ3) is 4.33. The average molecular weight is 402 g/mol. The molecule has 4 heteroatoms. The number of rotatable bonds is 8. The lowest BCUT2D eigenvalue weighted by Gasteiger charge is -2.39. The van der Waals surface area contributed by atoms with Gasteiger partial charge in [0, 0.05) is 0 Å². The lowest BCUT2D eigenvalue weighted by molar-refractivity contribution is -0.155. The van der Waals surface area contributed by atoms with Crippen LogP contribution in [0.15, 0.2) is 78.9 Å². The van der Waals surface area contributed by atoms with Gasteiger partial charge in [0.2, 0.25) is 0 Å². The minimum Gasteiger partial charge on any atom is -0.494 e. The maximum Gasteiger partial charge on any atom is 0.316 e. The number of benzene rings is 3. The highest BCUT2D eigenvalue weighted by molar-refractivity contribution is 5.84. The predicted octanol–water partition coefficient (Wildman–Crippen LogP) is 6.04. The third-order valence-electron chi connectivity index (χ3n) is 5.56. The molecule has 4 nitrogen and oxygen atoms in total. The van der Waals surface area contributed by atoms with Crippen molar-refractivity contribution in [2.24, 2.45) is 0 Å². The molecule has 0 radical (unpaired) electrons. The summed E-state index contributed by atoms with van der Waals surface area (Å²) >= 11 is 0. The highest BCUT2D eigenvalue weighted by Crippen LogP contribution is 2.45. The van der Waals surface area contributed by atoms with Crippen LogP contribution in [0.4, 0.5) is 0 Å². The van der Waals surface area contributed by atoms with Crippen LogP contribution in [0.2, 0.25) is 0 Å². The fourth-order valence-electron chi connectivity index (χ4n) is 3.79. The Bertz CT molecular complexity index is 975. The number of para-hydroxylation sites is 1. The first-order valence-corrected chi connectivity index (χ1v) is 10.4. The van der Waals surface area contributed by atoms with Gasteiger partial charge in [0.1, 0.15) is 23.9 Å². The molecule has 0 spiro atoms. The number of esters is 1. The fraction of sp³-hybridized carbons (Fsp3) is 0.269. The van der Waals surface area contributed by atoms with Crippen molar-refractivity contribution >= 4 is 5.97 Å². The minimum absolute atomic E-state index is 0.160. The van der Waals surface area contributed by atoms with Gasteiger partial charge in [-0.25, -0.2) is 0 Å². The summed E-state index contributed by atoms with van der Waals surface area (Å²) in [7, 11) is 0. The van der Waals surface area contributed by atoms with Gasteiger partial charge in [-0.1, -0.05) is 48.9 Å². The van der Waals surface area contributed by atoms with E-state index in [1.165, 1.54) is 0 Å². The summed E-state index contributed by atoms with van der Waals surface area (Å²) in [4.78, 5) is 13.0. The second-order valence-corrected chi connectivity index (χ2v) is 7.53. The van der Waals surface area contributed by atoms with Crippen molar-refractivity contribution in [3.05, 3.63) is 90.0 Å². The Labute approximate surface area is 177 Å². The van der Waals surface area contributed by atoms with Crippen LogP contribution < -0.4 is 9.47 Å². The zero-order valence-electron chi connectivity index (χ0n) is 17.2. The van der Waals surface area contributed by atoms with Crippen LogP contribution in [0.1, 0.15) is 37.3 Å². The van der Waals surface area contributed by atoms with E-state index in [0.717, 1.165) is 47.6 Å². The lowest BCUT2D eigenvalue weighted by Crippen LogP contribution is -2.43. The summed E-state index contributed by atoms with van der Waals surface area (Å²) < 4.78 is 17.1. The van der Waals surface area contributed by atoms with Crippen LogP contribution >= 0.6 is 0 Å². The number of hydrogen-bond donors (Lipinski definition) is 0. The Hall–Kier alpha value is -3.27. The van der Waals surface area contributed by atoms with Gasteiger partial charge in [-0.15, -0.1) is 0 Å². The second kappa shape index (κ2) is 9.04. The zero-order chi connectivity index (χ0) is 20.8. The Balaban J connectivity index is 1.41. The molecule has 30 heavy (non-hydrogen) atoms. The van der Waals surface area contributed by atoms with Crippen molar-refractivity contribution in [3.8, 4) is 17.2 Å². The van der Waals surface area contributed by atoms with E-state index in [1.807, 2.05) is 85.8 Å². The molecule has 1 aliphatic rings. The van der Waals surface area contributed by atoms with Crippen molar-refractivity contribution in [2.45, 2.75) is 38.2 Å². The zero-order valence-corrected chi connectivity index (χ0v) is 17.2. The summed E-state index contributed by atoms with van der Waals surface area (Å²) in [5, 5.41) is 0. The van der Waals surface area contributed by atoms with Gasteiger partial charge in [0.15, 0.2) is 0 Å². The molecule has 154 valence electrons. The van der Waals surface area contributed by atoms with Crippen molar-refractivity contribution < 1.29 is 19.0 Å². The number of carbonyl (C=O) groups excluding carboxylic acids is 1. The van der Waals surface area contributed by atoms with Crippen LogP contribution in [0, 0.1) is 0 Å².